The molecule has 0 aliphatic carbocycles. The number of carbonyl (C=O) groups excluding carboxylic acids is 2. The van der Waals surface area contributed by atoms with Crippen molar-refractivity contribution in [3.63, 3.8) is 0 Å². The van der Waals surface area contributed by atoms with Crippen LogP contribution in [0.1, 0.15) is 45.6 Å². The van der Waals surface area contributed by atoms with Gasteiger partial charge in [-0.05, 0) is 17.5 Å². The predicted octanol–water partition coefficient (Wildman–Crippen LogP) is 3.01. The Kier molecular flexibility index (Phi) is 4.94. The van der Waals surface area contributed by atoms with Crippen molar-refractivity contribution >= 4 is 23.2 Å². The summed E-state index contributed by atoms with van der Waals surface area (Å²) in [4.78, 5) is 30.7. The molecule has 1 aromatic carbocycles. The van der Waals surface area contributed by atoms with E-state index < -0.39 is 5.97 Å². The van der Waals surface area contributed by atoms with E-state index in [-0.39, 0.29) is 18.4 Å². The number of fused-ring (bicyclic) bond motifs is 1. The minimum absolute atomic E-state index is 0.161. The fourth-order valence-corrected chi connectivity index (χ4v) is 3.46. The summed E-state index contributed by atoms with van der Waals surface area (Å²) in [5, 5.41) is 0.890. The minimum Gasteiger partial charge on any atom is -0.451 e. The highest BCUT2D eigenvalue weighted by Gasteiger charge is 2.22. The van der Waals surface area contributed by atoms with E-state index in [1.807, 2.05) is 32.0 Å². The van der Waals surface area contributed by atoms with Crippen molar-refractivity contribution in [1.29, 1.82) is 0 Å². The van der Waals surface area contributed by atoms with Gasteiger partial charge in [-0.25, -0.2) is 9.78 Å². The van der Waals surface area contributed by atoms with Gasteiger partial charge in [0.1, 0.15) is 4.88 Å². The lowest BCUT2D eigenvalue weighted by Gasteiger charge is -2.28. The summed E-state index contributed by atoms with van der Waals surface area (Å²) in [6.07, 6.45) is 2.35. The standard InChI is InChI=1S/C18H20N2O3S/c1-12(2)17-19-9-15(24-17)18(22)23-11-16(21)20-8-7-13-5-3-4-6-14(13)10-20/h3-6,9,12H,7-8,10-11H2,1-2H3. The number of hydrogen-bond acceptors (Lipinski definition) is 5. The molecule has 6 heteroatoms. The van der Waals surface area contributed by atoms with Gasteiger partial charge in [-0.2, -0.15) is 0 Å². The van der Waals surface area contributed by atoms with Gasteiger partial charge < -0.3 is 9.64 Å². The number of nitrogens with zero attached hydrogens (tertiary/aromatic N) is 2. The summed E-state index contributed by atoms with van der Waals surface area (Å²) < 4.78 is 5.16. The molecular weight excluding hydrogens is 324 g/mol. The summed E-state index contributed by atoms with van der Waals surface area (Å²) in [7, 11) is 0. The zero-order chi connectivity index (χ0) is 17.1. The molecule has 3 rings (SSSR count). The predicted molar refractivity (Wildman–Crippen MR) is 92.0 cm³/mol. The van der Waals surface area contributed by atoms with E-state index in [9.17, 15) is 9.59 Å². The smallest absolute Gasteiger partial charge is 0.350 e. The van der Waals surface area contributed by atoms with Crippen LogP contribution in [0.15, 0.2) is 30.5 Å². The normalized spacial score (nSPS) is 13.7. The number of amides is 1. The Balaban J connectivity index is 1.55. The molecule has 1 amide bonds. The number of aromatic nitrogens is 1. The first-order valence-corrected chi connectivity index (χ1v) is 8.83. The summed E-state index contributed by atoms with van der Waals surface area (Å²) >= 11 is 1.32. The zero-order valence-corrected chi connectivity index (χ0v) is 14.6. The number of benzene rings is 1. The van der Waals surface area contributed by atoms with Gasteiger partial charge in [0.05, 0.1) is 11.2 Å². The lowest BCUT2D eigenvalue weighted by Crippen LogP contribution is -2.38. The molecule has 0 N–H and O–H groups in total. The Morgan fingerprint density at radius 2 is 2.04 bits per heavy atom. The average Bonchev–Trinajstić information content (AvgIpc) is 3.09. The van der Waals surface area contributed by atoms with Gasteiger partial charge in [0.2, 0.25) is 0 Å². The Morgan fingerprint density at radius 3 is 2.75 bits per heavy atom. The number of hydrogen-bond donors (Lipinski definition) is 0. The van der Waals surface area contributed by atoms with Crippen LogP contribution in [0.3, 0.4) is 0 Å². The van der Waals surface area contributed by atoms with Gasteiger partial charge in [-0.1, -0.05) is 38.1 Å². The molecule has 2 aromatic rings. The molecule has 1 aliphatic heterocycles. The average molecular weight is 344 g/mol. The maximum absolute atomic E-state index is 12.3. The molecule has 1 aromatic heterocycles. The Hall–Kier alpha value is -2.21. The maximum atomic E-state index is 12.3. The first kappa shape index (κ1) is 16.6. The molecule has 0 spiro atoms. The van der Waals surface area contributed by atoms with E-state index in [0.29, 0.717) is 18.0 Å². The second-order valence-corrected chi connectivity index (χ2v) is 7.19. The molecule has 0 saturated heterocycles. The lowest BCUT2D eigenvalue weighted by atomic mass is 10.00. The van der Waals surface area contributed by atoms with Gasteiger partial charge >= 0.3 is 5.97 Å². The van der Waals surface area contributed by atoms with Crippen LogP contribution in [-0.2, 0) is 22.5 Å². The topological polar surface area (TPSA) is 59.5 Å². The van der Waals surface area contributed by atoms with Gasteiger partial charge in [0, 0.05) is 19.0 Å². The van der Waals surface area contributed by atoms with Crippen LogP contribution >= 0.6 is 11.3 Å². The lowest BCUT2D eigenvalue weighted by molar-refractivity contribution is -0.135. The Bertz CT molecular complexity index is 754. The summed E-state index contributed by atoms with van der Waals surface area (Å²) in [6, 6.07) is 8.11. The van der Waals surface area contributed by atoms with Crippen molar-refractivity contribution in [3.05, 3.63) is 51.5 Å². The van der Waals surface area contributed by atoms with Crippen LogP contribution in [0.25, 0.3) is 0 Å². The monoisotopic (exact) mass is 344 g/mol. The molecule has 0 radical (unpaired) electrons. The summed E-state index contributed by atoms with van der Waals surface area (Å²) in [5.41, 5.74) is 2.44. The van der Waals surface area contributed by atoms with Crippen LogP contribution in [0.2, 0.25) is 0 Å². The largest absolute Gasteiger partial charge is 0.451 e. The third kappa shape index (κ3) is 3.64. The third-order valence-corrected chi connectivity index (χ3v) is 5.31. The van der Waals surface area contributed by atoms with Crippen molar-refractivity contribution < 1.29 is 14.3 Å². The zero-order valence-electron chi connectivity index (χ0n) is 13.8. The van der Waals surface area contributed by atoms with Crippen LogP contribution < -0.4 is 0 Å². The van der Waals surface area contributed by atoms with E-state index in [1.54, 1.807) is 4.90 Å². The van der Waals surface area contributed by atoms with E-state index >= 15 is 0 Å². The summed E-state index contributed by atoms with van der Waals surface area (Å²) in [5.74, 6) is -0.372. The van der Waals surface area contributed by atoms with Crippen LogP contribution in [0.4, 0.5) is 0 Å². The molecule has 0 atom stereocenters. The van der Waals surface area contributed by atoms with E-state index in [4.69, 9.17) is 4.74 Å². The molecule has 2 heterocycles. The second kappa shape index (κ2) is 7.13. The minimum atomic E-state index is -0.481. The van der Waals surface area contributed by atoms with Gasteiger partial charge in [-0.15, -0.1) is 11.3 Å². The van der Waals surface area contributed by atoms with Gasteiger partial charge in [0.15, 0.2) is 6.61 Å². The molecule has 0 unspecified atom stereocenters. The maximum Gasteiger partial charge on any atom is 0.350 e. The van der Waals surface area contributed by atoms with Crippen molar-refractivity contribution in [1.82, 2.24) is 9.88 Å². The highest BCUT2D eigenvalue weighted by Crippen LogP contribution is 2.22. The van der Waals surface area contributed by atoms with Gasteiger partial charge in [-0.3, -0.25) is 4.79 Å². The molecular formula is C18H20N2O3S. The van der Waals surface area contributed by atoms with Crippen molar-refractivity contribution in [2.45, 2.75) is 32.7 Å². The van der Waals surface area contributed by atoms with Crippen molar-refractivity contribution in [2.75, 3.05) is 13.2 Å². The SMILES string of the molecule is CC(C)c1ncc(C(=O)OCC(=O)N2CCc3ccccc3C2)s1. The molecule has 0 fully saturated rings. The van der Waals surface area contributed by atoms with E-state index in [1.165, 1.54) is 23.1 Å². The third-order valence-electron chi connectivity index (χ3n) is 4.03. The molecule has 5 nitrogen and oxygen atoms in total. The van der Waals surface area contributed by atoms with Crippen LogP contribution in [-0.4, -0.2) is 34.9 Å². The Labute approximate surface area is 145 Å². The molecule has 126 valence electrons. The van der Waals surface area contributed by atoms with E-state index in [2.05, 4.69) is 11.1 Å². The van der Waals surface area contributed by atoms with Crippen molar-refractivity contribution in [3.8, 4) is 0 Å². The number of ether oxygens (including phenoxy) is 1. The second-order valence-electron chi connectivity index (χ2n) is 6.13. The highest BCUT2D eigenvalue weighted by molar-refractivity contribution is 7.13. The van der Waals surface area contributed by atoms with E-state index in [0.717, 1.165) is 17.0 Å². The molecule has 24 heavy (non-hydrogen) atoms. The fourth-order valence-electron chi connectivity index (χ4n) is 2.65. The number of thiazole rings is 1. The first-order valence-electron chi connectivity index (χ1n) is 8.02. The molecule has 0 saturated carbocycles. The molecule has 0 bridgehead atoms. The van der Waals surface area contributed by atoms with Crippen LogP contribution in [0, 0.1) is 0 Å². The number of carbonyl (C=O) groups is 2. The quantitative estimate of drug-likeness (QED) is 0.800. The fraction of sp³-hybridized carbons (Fsp3) is 0.389. The number of rotatable bonds is 4. The summed E-state index contributed by atoms with van der Waals surface area (Å²) in [6.45, 7) is 5.04. The van der Waals surface area contributed by atoms with Crippen LogP contribution in [0.5, 0.6) is 0 Å². The first-order chi connectivity index (χ1) is 11.5. The molecule has 1 aliphatic rings. The van der Waals surface area contributed by atoms with Gasteiger partial charge in [0.25, 0.3) is 5.91 Å². The Morgan fingerprint density at radius 1 is 1.29 bits per heavy atom. The number of esters is 1. The van der Waals surface area contributed by atoms with Crippen molar-refractivity contribution in [2.24, 2.45) is 0 Å². The highest BCUT2D eigenvalue weighted by atomic mass is 32.1.